The zero-order chi connectivity index (χ0) is 21.9. The van der Waals surface area contributed by atoms with Crippen LogP contribution in [0.1, 0.15) is 18.1 Å². The van der Waals surface area contributed by atoms with E-state index in [2.05, 4.69) is 20.4 Å². The number of nitrogens with zero attached hydrogens (tertiary/aromatic N) is 1. The van der Waals surface area contributed by atoms with Crippen LogP contribution in [0.15, 0.2) is 41.4 Å². The minimum atomic E-state index is -2.91. The predicted octanol–water partition coefficient (Wildman–Crippen LogP) is 4.19. The molecule has 0 unspecified atom stereocenters. The SMILES string of the molecule is CCOc1cc(CNC(=NC)NCc2ccc(OC)c(OC)c2)ccc1OC(F)F.I. The highest BCUT2D eigenvalue weighted by Crippen LogP contribution is 2.30. The molecule has 0 aliphatic rings. The van der Waals surface area contributed by atoms with E-state index in [1.807, 2.05) is 18.2 Å². The van der Waals surface area contributed by atoms with Crippen LogP contribution < -0.4 is 29.6 Å². The van der Waals surface area contributed by atoms with Crippen molar-refractivity contribution in [3.8, 4) is 23.0 Å². The number of aliphatic imine (C=N–C) groups is 1. The first-order chi connectivity index (χ1) is 14.5. The number of rotatable bonds is 10. The molecule has 0 fully saturated rings. The Balaban J connectivity index is 0.00000480. The molecule has 0 spiro atoms. The lowest BCUT2D eigenvalue weighted by molar-refractivity contribution is -0.0514. The molecule has 2 aromatic carbocycles. The van der Waals surface area contributed by atoms with Crippen molar-refractivity contribution in [1.82, 2.24) is 10.6 Å². The summed E-state index contributed by atoms with van der Waals surface area (Å²) in [4.78, 5) is 4.19. The summed E-state index contributed by atoms with van der Waals surface area (Å²) >= 11 is 0. The molecular weight excluding hydrogens is 523 g/mol. The van der Waals surface area contributed by atoms with Crippen LogP contribution in [0.4, 0.5) is 8.78 Å². The molecule has 31 heavy (non-hydrogen) atoms. The zero-order valence-electron chi connectivity index (χ0n) is 17.9. The van der Waals surface area contributed by atoms with E-state index in [4.69, 9.17) is 14.2 Å². The van der Waals surface area contributed by atoms with Gasteiger partial charge in [0.25, 0.3) is 0 Å². The van der Waals surface area contributed by atoms with Gasteiger partial charge in [0.1, 0.15) is 0 Å². The van der Waals surface area contributed by atoms with Crippen LogP contribution in [0.25, 0.3) is 0 Å². The number of ether oxygens (including phenoxy) is 4. The highest BCUT2D eigenvalue weighted by atomic mass is 127. The van der Waals surface area contributed by atoms with Gasteiger partial charge in [0, 0.05) is 20.1 Å². The Hall–Kier alpha value is -2.50. The van der Waals surface area contributed by atoms with Crippen LogP contribution in [-0.2, 0) is 13.1 Å². The average molecular weight is 551 g/mol. The summed E-state index contributed by atoms with van der Waals surface area (Å²) < 4.78 is 45.5. The molecule has 2 aromatic rings. The van der Waals surface area contributed by atoms with Gasteiger partial charge in [-0.2, -0.15) is 8.78 Å². The fourth-order valence-corrected chi connectivity index (χ4v) is 2.71. The second kappa shape index (κ2) is 13.7. The van der Waals surface area contributed by atoms with Crippen molar-refractivity contribution in [2.75, 3.05) is 27.9 Å². The van der Waals surface area contributed by atoms with E-state index in [-0.39, 0.29) is 35.5 Å². The van der Waals surface area contributed by atoms with Gasteiger partial charge in [-0.1, -0.05) is 12.1 Å². The van der Waals surface area contributed by atoms with E-state index in [0.29, 0.717) is 37.2 Å². The van der Waals surface area contributed by atoms with Crippen molar-refractivity contribution in [1.29, 1.82) is 0 Å². The largest absolute Gasteiger partial charge is 0.493 e. The van der Waals surface area contributed by atoms with Crippen LogP contribution in [-0.4, -0.2) is 40.4 Å². The van der Waals surface area contributed by atoms with Crippen molar-refractivity contribution in [3.05, 3.63) is 47.5 Å². The maximum Gasteiger partial charge on any atom is 0.387 e. The molecule has 172 valence electrons. The average Bonchev–Trinajstić information content (AvgIpc) is 2.75. The van der Waals surface area contributed by atoms with E-state index >= 15 is 0 Å². The molecule has 0 bridgehead atoms. The quantitative estimate of drug-likeness (QED) is 0.262. The first-order valence-corrected chi connectivity index (χ1v) is 9.36. The van der Waals surface area contributed by atoms with E-state index in [1.165, 1.54) is 6.07 Å². The Labute approximate surface area is 198 Å². The third-order valence-corrected chi connectivity index (χ3v) is 4.12. The fraction of sp³-hybridized carbons (Fsp3) is 0.381. The highest BCUT2D eigenvalue weighted by molar-refractivity contribution is 14.0. The molecule has 0 amide bonds. The number of benzene rings is 2. The molecule has 7 nitrogen and oxygen atoms in total. The number of hydrogen-bond acceptors (Lipinski definition) is 5. The number of halogens is 3. The topological polar surface area (TPSA) is 73.3 Å². The molecule has 0 aromatic heterocycles. The van der Waals surface area contributed by atoms with Gasteiger partial charge in [-0.25, -0.2) is 0 Å². The molecule has 0 saturated heterocycles. The summed E-state index contributed by atoms with van der Waals surface area (Å²) in [5, 5.41) is 6.38. The van der Waals surface area contributed by atoms with Crippen LogP contribution in [0.2, 0.25) is 0 Å². The van der Waals surface area contributed by atoms with E-state index in [9.17, 15) is 8.78 Å². The van der Waals surface area contributed by atoms with E-state index < -0.39 is 6.61 Å². The summed E-state index contributed by atoms with van der Waals surface area (Å²) in [5.41, 5.74) is 1.82. The third kappa shape index (κ3) is 8.27. The summed E-state index contributed by atoms with van der Waals surface area (Å²) in [5.74, 6) is 2.16. The molecule has 0 aliphatic carbocycles. The first-order valence-electron chi connectivity index (χ1n) is 9.36. The van der Waals surface area contributed by atoms with Crippen molar-refractivity contribution in [2.45, 2.75) is 26.6 Å². The highest BCUT2D eigenvalue weighted by Gasteiger charge is 2.12. The second-order valence-electron chi connectivity index (χ2n) is 6.06. The first kappa shape index (κ1) is 26.5. The van der Waals surface area contributed by atoms with Gasteiger partial charge in [0.15, 0.2) is 29.0 Å². The van der Waals surface area contributed by atoms with Gasteiger partial charge in [-0.3, -0.25) is 4.99 Å². The third-order valence-electron chi connectivity index (χ3n) is 4.12. The Morgan fingerprint density at radius 3 is 1.94 bits per heavy atom. The Kier molecular flexibility index (Phi) is 11.8. The molecule has 0 aliphatic heterocycles. The lowest BCUT2D eigenvalue weighted by Gasteiger charge is -2.15. The molecule has 2 N–H and O–H groups in total. The van der Waals surface area contributed by atoms with Gasteiger partial charge >= 0.3 is 6.61 Å². The summed E-state index contributed by atoms with van der Waals surface area (Å²) in [6, 6.07) is 10.5. The van der Waals surface area contributed by atoms with Gasteiger partial charge in [-0.05, 0) is 42.3 Å². The van der Waals surface area contributed by atoms with Crippen molar-refractivity contribution in [2.24, 2.45) is 4.99 Å². The Morgan fingerprint density at radius 1 is 0.903 bits per heavy atom. The minimum Gasteiger partial charge on any atom is -0.493 e. The molecule has 0 heterocycles. The summed E-state index contributed by atoms with van der Waals surface area (Å²) in [6.45, 7) is 0.140. The lowest BCUT2D eigenvalue weighted by atomic mass is 10.2. The lowest BCUT2D eigenvalue weighted by Crippen LogP contribution is -2.36. The van der Waals surface area contributed by atoms with Gasteiger partial charge in [0.2, 0.25) is 0 Å². The molecule has 0 radical (unpaired) electrons. The predicted molar refractivity (Wildman–Crippen MR) is 126 cm³/mol. The molecule has 0 atom stereocenters. The summed E-state index contributed by atoms with van der Waals surface area (Å²) in [6.07, 6.45) is 0. The van der Waals surface area contributed by atoms with Crippen molar-refractivity contribution < 1.29 is 27.7 Å². The smallest absolute Gasteiger partial charge is 0.387 e. The van der Waals surface area contributed by atoms with Crippen LogP contribution >= 0.6 is 24.0 Å². The second-order valence-corrected chi connectivity index (χ2v) is 6.06. The summed E-state index contributed by atoms with van der Waals surface area (Å²) in [7, 11) is 4.84. The maximum atomic E-state index is 12.5. The number of nitrogens with one attached hydrogen (secondary N) is 2. The van der Waals surface area contributed by atoms with Gasteiger partial charge in [0.05, 0.1) is 20.8 Å². The Bertz CT molecular complexity index is 853. The Morgan fingerprint density at radius 2 is 1.45 bits per heavy atom. The van der Waals surface area contributed by atoms with Gasteiger partial charge < -0.3 is 29.6 Å². The van der Waals surface area contributed by atoms with E-state index in [1.54, 1.807) is 40.3 Å². The van der Waals surface area contributed by atoms with Gasteiger partial charge in [-0.15, -0.1) is 24.0 Å². The zero-order valence-corrected chi connectivity index (χ0v) is 20.2. The normalized spacial score (nSPS) is 10.9. The fourth-order valence-electron chi connectivity index (χ4n) is 2.71. The monoisotopic (exact) mass is 551 g/mol. The maximum absolute atomic E-state index is 12.5. The molecular formula is C21H28F2IN3O4. The molecule has 0 saturated carbocycles. The van der Waals surface area contributed by atoms with Crippen LogP contribution in [0, 0.1) is 0 Å². The van der Waals surface area contributed by atoms with Crippen molar-refractivity contribution in [3.63, 3.8) is 0 Å². The molecule has 10 heteroatoms. The van der Waals surface area contributed by atoms with E-state index in [0.717, 1.165) is 11.1 Å². The number of alkyl halides is 2. The minimum absolute atomic E-state index is 0. The van der Waals surface area contributed by atoms with Crippen LogP contribution in [0.5, 0.6) is 23.0 Å². The standard InChI is InChI=1S/C21H27F2N3O4.HI/c1-5-29-19-11-15(7-9-17(19)30-20(22)23)13-26-21(24-2)25-12-14-6-8-16(27-3)18(10-14)28-4;/h6-11,20H,5,12-13H2,1-4H3,(H2,24,25,26);1H. The number of hydrogen-bond donors (Lipinski definition) is 2. The number of guanidine groups is 1. The number of methoxy groups -OCH3 is 2. The molecule has 2 rings (SSSR count). The van der Waals surface area contributed by atoms with Crippen molar-refractivity contribution >= 4 is 29.9 Å². The van der Waals surface area contributed by atoms with Crippen LogP contribution in [0.3, 0.4) is 0 Å².